The van der Waals surface area contributed by atoms with E-state index in [1.807, 2.05) is 12.1 Å². The van der Waals surface area contributed by atoms with Gasteiger partial charge in [-0.05, 0) is 19.2 Å². The minimum absolute atomic E-state index is 1.03. The van der Waals surface area contributed by atoms with Crippen LogP contribution in [0.25, 0.3) is 0 Å². The fourth-order valence-corrected chi connectivity index (χ4v) is 1.50. The predicted octanol–water partition coefficient (Wildman–Crippen LogP) is 0.160. The highest BCUT2D eigenvalue weighted by Crippen LogP contribution is 2.02. The summed E-state index contributed by atoms with van der Waals surface area (Å²) in [6, 6.07) is 3.87. The summed E-state index contributed by atoms with van der Waals surface area (Å²) >= 11 is 0. The van der Waals surface area contributed by atoms with Gasteiger partial charge in [0.25, 0.3) is 0 Å². The van der Waals surface area contributed by atoms with Crippen molar-refractivity contribution in [2.45, 2.75) is 0 Å². The minimum Gasteiger partial charge on any atom is -0.308 e. The van der Waals surface area contributed by atoms with E-state index >= 15 is 0 Å². The van der Waals surface area contributed by atoms with E-state index in [-0.39, 0.29) is 0 Å². The predicted molar refractivity (Wildman–Crippen MR) is 60.1 cm³/mol. The first-order valence-electron chi connectivity index (χ1n) is 5.20. The maximum Gasteiger partial charge on any atom is 0.0531 e. The molecule has 1 saturated heterocycles. The van der Waals surface area contributed by atoms with Gasteiger partial charge in [-0.2, -0.15) is 5.53 Å². The van der Waals surface area contributed by atoms with Gasteiger partial charge < -0.3 is 10.3 Å². The van der Waals surface area contributed by atoms with E-state index in [4.69, 9.17) is 0 Å². The van der Waals surface area contributed by atoms with Crippen molar-refractivity contribution in [3.8, 4) is 0 Å². The Morgan fingerprint density at radius 2 is 1.80 bits per heavy atom. The Hall–Kier alpha value is -1.17. The SMILES string of the molecule is CN1CCN(NNc2ccncc2)CC1. The molecule has 0 radical (unpaired) electrons. The lowest BCUT2D eigenvalue weighted by Gasteiger charge is -2.32. The largest absolute Gasteiger partial charge is 0.308 e. The molecule has 0 atom stereocenters. The molecule has 0 saturated carbocycles. The number of hydrogen-bond acceptors (Lipinski definition) is 5. The van der Waals surface area contributed by atoms with Crippen LogP contribution in [-0.2, 0) is 0 Å². The molecule has 2 N–H and O–H groups in total. The van der Waals surface area contributed by atoms with Gasteiger partial charge in [-0.3, -0.25) is 4.98 Å². The molecule has 2 heterocycles. The number of pyridine rings is 1. The maximum atomic E-state index is 3.96. The van der Waals surface area contributed by atoms with Crippen LogP contribution in [-0.4, -0.2) is 48.1 Å². The lowest BCUT2D eigenvalue weighted by atomic mass is 10.4. The monoisotopic (exact) mass is 207 g/mol. The van der Waals surface area contributed by atoms with Crippen LogP contribution in [0.4, 0.5) is 5.69 Å². The van der Waals surface area contributed by atoms with Gasteiger partial charge in [-0.15, -0.1) is 0 Å². The standard InChI is InChI=1S/C10H17N5/c1-14-6-8-15(9-7-14)13-12-10-2-4-11-5-3-10/h2-5,13H,6-9H2,1H3,(H,11,12). The summed E-state index contributed by atoms with van der Waals surface area (Å²) in [5, 5.41) is 2.18. The molecule has 2 rings (SSSR count). The first kappa shape index (κ1) is 10.4. The number of hydrogen-bond donors (Lipinski definition) is 2. The number of likely N-dealkylation sites (N-methyl/N-ethyl adjacent to an activating group) is 1. The number of aromatic nitrogens is 1. The fourth-order valence-electron chi connectivity index (χ4n) is 1.50. The van der Waals surface area contributed by atoms with Gasteiger partial charge >= 0.3 is 0 Å². The second kappa shape index (κ2) is 5.06. The molecule has 82 valence electrons. The second-order valence-electron chi connectivity index (χ2n) is 3.76. The molecule has 1 aromatic heterocycles. The Kier molecular flexibility index (Phi) is 3.49. The van der Waals surface area contributed by atoms with Crippen molar-refractivity contribution in [3.63, 3.8) is 0 Å². The van der Waals surface area contributed by atoms with Crippen LogP contribution in [0.2, 0.25) is 0 Å². The van der Waals surface area contributed by atoms with E-state index < -0.39 is 0 Å². The van der Waals surface area contributed by atoms with E-state index in [1.165, 1.54) is 0 Å². The molecule has 1 aliphatic heterocycles. The molecule has 0 unspecified atom stereocenters. The van der Waals surface area contributed by atoms with Crippen LogP contribution in [0.3, 0.4) is 0 Å². The number of anilines is 1. The normalized spacial score (nSPS) is 19.0. The van der Waals surface area contributed by atoms with Gasteiger partial charge in [0.1, 0.15) is 0 Å². The van der Waals surface area contributed by atoms with Crippen molar-refractivity contribution in [2.75, 3.05) is 38.7 Å². The Bertz CT molecular complexity index is 281. The van der Waals surface area contributed by atoms with E-state index in [9.17, 15) is 0 Å². The van der Waals surface area contributed by atoms with Crippen LogP contribution >= 0.6 is 0 Å². The first-order chi connectivity index (χ1) is 7.34. The Morgan fingerprint density at radius 3 is 2.47 bits per heavy atom. The lowest BCUT2D eigenvalue weighted by molar-refractivity contribution is 0.115. The molecule has 5 nitrogen and oxygen atoms in total. The zero-order chi connectivity index (χ0) is 10.5. The van der Waals surface area contributed by atoms with E-state index in [1.54, 1.807) is 12.4 Å². The number of piperazine rings is 1. The highest BCUT2D eigenvalue weighted by molar-refractivity contribution is 5.39. The summed E-state index contributed by atoms with van der Waals surface area (Å²) in [4.78, 5) is 6.29. The summed E-state index contributed by atoms with van der Waals surface area (Å²) in [5.41, 5.74) is 7.37. The van der Waals surface area contributed by atoms with Crippen LogP contribution < -0.4 is 11.0 Å². The van der Waals surface area contributed by atoms with Gasteiger partial charge in [0.2, 0.25) is 0 Å². The molecule has 0 aliphatic carbocycles. The van der Waals surface area contributed by atoms with Crippen molar-refractivity contribution in [2.24, 2.45) is 0 Å². The van der Waals surface area contributed by atoms with Crippen molar-refractivity contribution in [3.05, 3.63) is 24.5 Å². The number of hydrazine groups is 2. The van der Waals surface area contributed by atoms with Crippen LogP contribution in [0, 0.1) is 0 Å². The molecule has 0 spiro atoms. The summed E-state index contributed by atoms with van der Waals surface area (Å²) in [6.45, 7) is 4.28. The van der Waals surface area contributed by atoms with Gasteiger partial charge in [-0.25, -0.2) is 5.01 Å². The molecule has 0 amide bonds. The lowest BCUT2D eigenvalue weighted by Crippen LogP contribution is -2.52. The molecule has 0 bridgehead atoms. The van der Waals surface area contributed by atoms with Crippen molar-refractivity contribution in [1.29, 1.82) is 0 Å². The second-order valence-corrected chi connectivity index (χ2v) is 3.76. The Morgan fingerprint density at radius 1 is 1.13 bits per heavy atom. The summed E-state index contributed by atoms with van der Waals surface area (Å²) in [6.07, 6.45) is 3.54. The first-order valence-corrected chi connectivity index (χ1v) is 5.20. The van der Waals surface area contributed by atoms with Gasteiger partial charge in [-0.1, -0.05) is 0 Å². The molecular formula is C10H17N5. The molecule has 1 aliphatic rings. The maximum absolute atomic E-state index is 3.96. The van der Waals surface area contributed by atoms with Crippen molar-refractivity contribution < 1.29 is 0 Å². The Labute approximate surface area is 90.0 Å². The average molecular weight is 207 g/mol. The molecule has 5 heteroatoms. The van der Waals surface area contributed by atoms with Crippen LogP contribution in [0.5, 0.6) is 0 Å². The van der Waals surface area contributed by atoms with E-state index in [0.717, 1.165) is 31.9 Å². The molecule has 1 fully saturated rings. The van der Waals surface area contributed by atoms with Crippen LogP contribution in [0.15, 0.2) is 24.5 Å². The summed E-state index contributed by atoms with van der Waals surface area (Å²) in [7, 11) is 2.15. The highest BCUT2D eigenvalue weighted by Gasteiger charge is 2.12. The van der Waals surface area contributed by atoms with Crippen molar-refractivity contribution in [1.82, 2.24) is 20.4 Å². The molecule has 0 aromatic carbocycles. The third-order valence-corrected chi connectivity index (χ3v) is 2.54. The smallest absolute Gasteiger partial charge is 0.0531 e. The van der Waals surface area contributed by atoms with Gasteiger partial charge in [0.05, 0.1) is 5.69 Å². The minimum atomic E-state index is 1.03. The zero-order valence-electron chi connectivity index (χ0n) is 8.98. The molecule has 15 heavy (non-hydrogen) atoms. The number of nitrogens with one attached hydrogen (secondary N) is 2. The fraction of sp³-hybridized carbons (Fsp3) is 0.500. The van der Waals surface area contributed by atoms with E-state index in [0.29, 0.717) is 0 Å². The zero-order valence-corrected chi connectivity index (χ0v) is 8.98. The van der Waals surface area contributed by atoms with Crippen LogP contribution in [0.1, 0.15) is 0 Å². The topological polar surface area (TPSA) is 43.4 Å². The summed E-state index contributed by atoms with van der Waals surface area (Å²) < 4.78 is 0. The third-order valence-electron chi connectivity index (χ3n) is 2.54. The average Bonchev–Trinajstić information content (AvgIpc) is 2.30. The molecule has 1 aromatic rings. The van der Waals surface area contributed by atoms with Gasteiger partial charge in [0, 0.05) is 38.6 Å². The summed E-state index contributed by atoms with van der Waals surface area (Å²) in [5.74, 6) is 0. The number of nitrogens with zero attached hydrogens (tertiary/aromatic N) is 3. The van der Waals surface area contributed by atoms with Crippen molar-refractivity contribution >= 4 is 5.69 Å². The third kappa shape index (κ3) is 3.16. The van der Waals surface area contributed by atoms with Gasteiger partial charge in [0.15, 0.2) is 0 Å². The molecular weight excluding hydrogens is 190 g/mol. The Balaban J connectivity index is 1.74. The highest BCUT2D eigenvalue weighted by atomic mass is 15.7. The number of rotatable bonds is 3. The van der Waals surface area contributed by atoms with E-state index in [2.05, 4.69) is 32.9 Å². The quantitative estimate of drug-likeness (QED) is 0.691.